The zero-order valence-electron chi connectivity index (χ0n) is 11.6. The number of allylic oxidation sites excluding steroid dienone is 3. The molecule has 0 bridgehead atoms. The fourth-order valence-electron chi connectivity index (χ4n) is 1.88. The summed E-state index contributed by atoms with van der Waals surface area (Å²) >= 11 is 0. The normalized spacial score (nSPS) is 12.8. The van der Waals surface area contributed by atoms with Gasteiger partial charge in [0.2, 0.25) is 0 Å². The van der Waals surface area contributed by atoms with E-state index in [1.54, 1.807) is 0 Å². The van der Waals surface area contributed by atoms with Crippen molar-refractivity contribution < 1.29 is 0 Å². The molecule has 1 rings (SSSR count). The van der Waals surface area contributed by atoms with E-state index in [1.165, 1.54) is 23.1 Å². The van der Waals surface area contributed by atoms with Gasteiger partial charge in [-0.25, -0.2) is 0 Å². The fourth-order valence-corrected chi connectivity index (χ4v) is 1.88. The molecule has 0 aliphatic heterocycles. The number of hydrogen-bond donors (Lipinski definition) is 0. The molecule has 0 radical (unpaired) electrons. The number of aryl methyl sites for hydroxylation is 1. The Bertz CT molecular complexity index is 423. The summed E-state index contributed by atoms with van der Waals surface area (Å²) in [6, 6.07) is 4.07. The lowest BCUT2D eigenvalue weighted by molar-refractivity contribution is 0.664. The van der Waals surface area contributed by atoms with Crippen LogP contribution in [0.15, 0.2) is 35.6 Å². The van der Waals surface area contributed by atoms with E-state index >= 15 is 0 Å². The molecule has 0 aliphatic rings. The van der Waals surface area contributed by atoms with E-state index in [0.717, 1.165) is 5.69 Å². The molecule has 0 saturated heterocycles. The van der Waals surface area contributed by atoms with Crippen LogP contribution in [0.3, 0.4) is 0 Å². The van der Waals surface area contributed by atoms with Gasteiger partial charge in [-0.05, 0) is 56.4 Å². The predicted molar refractivity (Wildman–Crippen MR) is 75.8 cm³/mol. The monoisotopic (exact) mass is 229 g/mol. The third-order valence-corrected chi connectivity index (χ3v) is 3.19. The van der Waals surface area contributed by atoms with Crippen molar-refractivity contribution >= 4 is 6.08 Å². The van der Waals surface area contributed by atoms with Crippen molar-refractivity contribution in [3.63, 3.8) is 0 Å². The summed E-state index contributed by atoms with van der Waals surface area (Å²) in [5.74, 6) is 0.611. The van der Waals surface area contributed by atoms with Gasteiger partial charge in [-0.15, -0.1) is 0 Å². The van der Waals surface area contributed by atoms with E-state index in [0.29, 0.717) is 5.92 Å². The molecule has 1 nitrogen and oxygen atoms in total. The Kier molecular flexibility index (Phi) is 5.14. The Morgan fingerprint density at radius 1 is 1.41 bits per heavy atom. The van der Waals surface area contributed by atoms with Crippen LogP contribution in [0.2, 0.25) is 0 Å². The van der Waals surface area contributed by atoms with Gasteiger partial charge < -0.3 is 0 Å². The van der Waals surface area contributed by atoms with E-state index in [-0.39, 0.29) is 0 Å². The number of pyridine rings is 1. The van der Waals surface area contributed by atoms with Gasteiger partial charge in [0.15, 0.2) is 0 Å². The number of aromatic nitrogens is 1. The lowest BCUT2D eigenvalue weighted by atomic mass is 9.94. The fraction of sp³-hybridized carbons (Fsp3) is 0.438. The van der Waals surface area contributed by atoms with Gasteiger partial charge >= 0.3 is 0 Å². The Labute approximate surface area is 105 Å². The molecule has 0 saturated carbocycles. The maximum Gasteiger partial charge on any atom is 0.0658 e. The average Bonchev–Trinajstić information content (AvgIpc) is 2.30. The molecular weight excluding hydrogens is 206 g/mol. The first-order chi connectivity index (χ1) is 8.06. The smallest absolute Gasteiger partial charge is 0.0658 e. The van der Waals surface area contributed by atoms with Gasteiger partial charge in [0.1, 0.15) is 0 Å². The second-order valence-corrected chi connectivity index (χ2v) is 4.80. The molecule has 0 aliphatic carbocycles. The molecule has 0 fully saturated rings. The lowest BCUT2D eigenvalue weighted by Gasteiger charge is -2.12. The number of rotatable bonds is 4. The Balaban J connectivity index is 2.97. The van der Waals surface area contributed by atoms with Crippen molar-refractivity contribution in [2.45, 2.75) is 41.0 Å². The Hall–Kier alpha value is -1.37. The van der Waals surface area contributed by atoms with E-state index < -0.39 is 0 Å². The molecule has 1 aromatic heterocycles. The topological polar surface area (TPSA) is 12.9 Å². The van der Waals surface area contributed by atoms with E-state index in [1.807, 2.05) is 12.3 Å². The minimum Gasteiger partial charge on any atom is -0.257 e. The summed E-state index contributed by atoms with van der Waals surface area (Å²) in [7, 11) is 0. The molecule has 1 aromatic rings. The van der Waals surface area contributed by atoms with Gasteiger partial charge in [-0.3, -0.25) is 4.98 Å². The molecule has 1 unspecified atom stereocenters. The van der Waals surface area contributed by atoms with Crippen LogP contribution in [-0.4, -0.2) is 4.98 Å². The first-order valence-corrected chi connectivity index (χ1v) is 6.33. The quantitative estimate of drug-likeness (QED) is 0.677. The van der Waals surface area contributed by atoms with Gasteiger partial charge in [0.05, 0.1) is 5.69 Å². The van der Waals surface area contributed by atoms with Gasteiger partial charge in [-0.1, -0.05) is 31.6 Å². The first kappa shape index (κ1) is 13.7. The van der Waals surface area contributed by atoms with Crippen molar-refractivity contribution in [2.24, 2.45) is 5.92 Å². The first-order valence-electron chi connectivity index (χ1n) is 6.33. The van der Waals surface area contributed by atoms with Crippen LogP contribution < -0.4 is 0 Å². The number of nitrogens with zero attached hydrogens (tertiary/aromatic N) is 1. The molecule has 1 heteroatoms. The largest absolute Gasteiger partial charge is 0.257 e. The van der Waals surface area contributed by atoms with E-state index in [4.69, 9.17) is 0 Å². The van der Waals surface area contributed by atoms with Gasteiger partial charge in [-0.2, -0.15) is 0 Å². The SMILES string of the molecule is CCC(C)C(/C=C\c1ncccc1C)=C(C)C. The standard InChI is InChI=1S/C16H23N/c1-6-13(4)15(12(2)3)9-10-16-14(5)8-7-11-17-16/h7-11,13H,6H2,1-5H3/b10-9-. The molecule has 0 spiro atoms. The van der Waals surface area contributed by atoms with Crippen LogP contribution >= 0.6 is 0 Å². The van der Waals surface area contributed by atoms with Crippen molar-refractivity contribution in [1.29, 1.82) is 0 Å². The van der Waals surface area contributed by atoms with Crippen molar-refractivity contribution in [3.05, 3.63) is 46.8 Å². The maximum absolute atomic E-state index is 4.39. The lowest BCUT2D eigenvalue weighted by Crippen LogP contribution is -1.97. The Morgan fingerprint density at radius 3 is 2.65 bits per heavy atom. The van der Waals surface area contributed by atoms with E-state index in [9.17, 15) is 0 Å². The Morgan fingerprint density at radius 2 is 2.12 bits per heavy atom. The average molecular weight is 229 g/mol. The minimum absolute atomic E-state index is 0.611. The minimum atomic E-state index is 0.611. The molecule has 0 amide bonds. The molecular formula is C16H23N. The van der Waals surface area contributed by atoms with Crippen molar-refractivity contribution in [2.75, 3.05) is 0 Å². The van der Waals surface area contributed by atoms with Crippen LogP contribution in [0.4, 0.5) is 0 Å². The summed E-state index contributed by atoms with van der Waals surface area (Å²) in [5.41, 5.74) is 5.11. The van der Waals surface area contributed by atoms with Gasteiger partial charge in [0, 0.05) is 6.20 Å². The summed E-state index contributed by atoms with van der Waals surface area (Å²) in [6.45, 7) is 11.0. The van der Waals surface area contributed by atoms with Crippen LogP contribution in [0, 0.1) is 12.8 Å². The second-order valence-electron chi connectivity index (χ2n) is 4.80. The van der Waals surface area contributed by atoms with Crippen molar-refractivity contribution in [3.8, 4) is 0 Å². The summed E-state index contributed by atoms with van der Waals surface area (Å²) in [5, 5.41) is 0. The zero-order chi connectivity index (χ0) is 12.8. The summed E-state index contributed by atoms with van der Waals surface area (Å²) < 4.78 is 0. The highest BCUT2D eigenvalue weighted by Gasteiger charge is 2.05. The molecule has 0 aromatic carbocycles. The third kappa shape index (κ3) is 3.85. The molecule has 1 atom stereocenters. The van der Waals surface area contributed by atoms with Crippen molar-refractivity contribution in [1.82, 2.24) is 4.98 Å². The van der Waals surface area contributed by atoms with E-state index in [2.05, 4.69) is 57.8 Å². The molecule has 0 N–H and O–H groups in total. The van der Waals surface area contributed by atoms with Crippen LogP contribution in [-0.2, 0) is 0 Å². The van der Waals surface area contributed by atoms with Crippen LogP contribution in [0.5, 0.6) is 0 Å². The molecule has 92 valence electrons. The second kappa shape index (κ2) is 6.39. The summed E-state index contributed by atoms with van der Waals surface area (Å²) in [4.78, 5) is 4.39. The summed E-state index contributed by atoms with van der Waals surface area (Å²) in [6.07, 6.45) is 7.37. The molecule has 17 heavy (non-hydrogen) atoms. The van der Waals surface area contributed by atoms with Crippen LogP contribution in [0.25, 0.3) is 6.08 Å². The zero-order valence-corrected chi connectivity index (χ0v) is 11.6. The highest BCUT2D eigenvalue weighted by atomic mass is 14.7. The maximum atomic E-state index is 4.39. The van der Waals surface area contributed by atoms with Crippen LogP contribution in [0.1, 0.15) is 45.4 Å². The highest BCUT2D eigenvalue weighted by molar-refractivity contribution is 5.53. The molecule has 1 heterocycles. The van der Waals surface area contributed by atoms with Gasteiger partial charge in [0.25, 0.3) is 0 Å². The predicted octanol–water partition coefficient (Wildman–Crippen LogP) is 4.79. The number of hydrogen-bond acceptors (Lipinski definition) is 1. The highest BCUT2D eigenvalue weighted by Crippen LogP contribution is 2.21. The third-order valence-electron chi connectivity index (χ3n) is 3.19.